The Morgan fingerprint density at radius 1 is 1.03 bits per heavy atom. The third kappa shape index (κ3) is 3.54. The number of ketones is 1. The third-order valence-electron chi connectivity index (χ3n) is 6.20. The van der Waals surface area contributed by atoms with Crippen molar-refractivity contribution in [1.82, 2.24) is 4.57 Å². The van der Waals surface area contributed by atoms with E-state index in [0.717, 1.165) is 42.6 Å². The zero-order valence-electron chi connectivity index (χ0n) is 16.8. The van der Waals surface area contributed by atoms with Gasteiger partial charge < -0.3 is 19.6 Å². The Bertz CT molecular complexity index is 1060. The van der Waals surface area contributed by atoms with Crippen molar-refractivity contribution in [3.63, 3.8) is 0 Å². The van der Waals surface area contributed by atoms with E-state index in [1.807, 2.05) is 36.5 Å². The molecule has 1 aliphatic carbocycles. The van der Waals surface area contributed by atoms with Crippen molar-refractivity contribution in [3.8, 4) is 0 Å². The maximum atomic E-state index is 13.3. The summed E-state index contributed by atoms with van der Waals surface area (Å²) in [6.07, 6.45) is 9.01. The number of benzene rings is 1. The summed E-state index contributed by atoms with van der Waals surface area (Å²) in [4.78, 5) is 25.8. The molecule has 3 heterocycles. The van der Waals surface area contributed by atoms with Crippen LogP contribution >= 0.6 is 0 Å². The molecular formula is C24H25N3O3. The van der Waals surface area contributed by atoms with Gasteiger partial charge in [0.25, 0.3) is 0 Å². The Morgan fingerprint density at radius 3 is 2.63 bits per heavy atom. The van der Waals surface area contributed by atoms with Gasteiger partial charge in [-0.2, -0.15) is 0 Å². The summed E-state index contributed by atoms with van der Waals surface area (Å²) in [7, 11) is 0. The number of anilines is 2. The predicted octanol–water partition coefficient (Wildman–Crippen LogP) is 5.00. The molecule has 6 heteroatoms. The molecule has 2 aliphatic rings. The number of hydrogen-bond donors (Lipinski definition) is 2. The molecule has 1 aromatic carbocycles. The Kier molecular flexibility index (Phi) is 4.91. The van der Waals surface area contributed by atoms with Crippen LogP contribution < -0.4 is 10.6 Å². The number of hydrogen-bond acceptors (Lipinski definition) is 4. The highest BCUT2D eigenvalue weighted by atomic mass is 16.3. The van der Waals surface area contributed by atoms with Crippen LogP contribution in [0.5, 0.6) is 0 Å². The van der Waals surface area contributed by atoms with Crippen LogP contribution in [0, 0.1) is 5.92 Å². The molecule has 1 atom stereocenters. The van der Waals surface area contributed by atoms with Gasteiger partial charge in [0.2, 0.25) is 5.91 Å². The average Bonchev–Trinajstić information content (AvgIpc) is 3.40. The molecule has 5 rings (SSSR count). The highest BCUT2D eigenvalue weighted by molar-refractivity contribution is 6.02. The number of aromatic nitrogens is 1. The number of nitrogens with one attached hydrogen (secondary N) is 2. The largest absolute Gasteiger partial charge is 0.449 e. The summed E-state index contributed by atoms with van der Waals surface area (Å²) in [5.74, 6) is 0.783. The molecule has 0 spiro atoms. The molecule has 2 aromatic heterocycles. The second-order valence-corrected chi connectivity index (χ2v) is 8.18. The lowest BCUT2D eigenvalue weighted by molar-refractivity contribution is -0.120. The maximum Gasteiger partial charge on any atom is 0.227 e. The van der Waals surface area contributed by atoms with Crippen LogP contribution in [0.2, 0.25) is 0 Å². The summed E-state index contributed by atoms with van der Waals surface area (Å²) in [6, 6.07) is 12.5. The van der Waals surface area contributed by atoms with E-state index in [2.05, 4.69) is 15.2 Å². The van der Waals surface area contributed by atoms with Crippen LogP contribution in [0.4, 0.5) is 11.6 Å². The average molecular weight is 403 g/mol. The van der Waals surface area contributed by atoms with Gasteiger partial charge >= 0.3 is 0 Å². The second kappa shape index (κ2) is 7.86. The van der Waals surface area contributed by atoms with E-state index in [0.29, 0.717) is 18.0 Å². The van der Waals surface area contributed by atoms with Gasteiger partial charge in [-0.15, -0.1) is 0 Å². The fourth-order valence-electron chi connectivity index (χ4n) is 4.50. The molecule has 6 nitrogen and oxygen atoms in total. The molecule has 30 heavy (non-hydrogen) atoms. The molecule has 154 valence electrons. The van der Waals surface area contributed by atoms with E-state index in [1.165, 1.54) is 6.42 Å². The van der Waals surface area contributed by atoms with E-state index < -0.39 is 6.04 Å². The van der Waals surface area contributed by atoms with Crippen molar-refractivity contribution in [2.45, 2.75) is 44.7 Å². The van der Waals surface area contributed by atoms with Crippen molar-refractivity contribution < 1.29 is 14.0 Å². The Morgan fingerprint density at radius 2 is 1.83 bits per heavy atom. The molecule has 1 aliphatic heterocycles. The minimum atomic E-state index is -0.532. The molecule has 0 bridgehead atoms. The number of nitrogens with zero attached hydrogens (tertiary/aromatic N) is 1. The molecule has 2 N–H and O–H groups in total. The first-order valence-corrected chi connectivity index (χ1v) is 10.6. The number of carbonyl (C=O) groups excluding carboxylic acids is 2. The molecule has 0 radical (unpaired) electrons. The van der Waals surface area contributed by atoms with E-state index in [9.17, 15) is 9.59 Å². The van der Waals surface area contributed by atoms with Crippen LogP contribution in [-0.4, -0.2) is 16.3 Å². The number of rotatable bonds is 4. The molecule has 0 saturated heterocycles. The molecule has 1 saturated carbocycles. The summed E-state index contributed by atoms with van der Waals surface area (Å²) >= 11 is 0. The van der Waals surface area contributed by atoms with Crippen molar-refractivity contribution in [1.29, 1.82) is 0 Å². The highest BCUT2D eigenvalue weighted by Gasteiger charge is 2.29. The molecule has 1 unspecified atom stereocenters. The second-order valence-electron chi connectivity index (χ2n) is 8.18. The first kappa shape index (κ1) is 18.7. The summed E-state index contributed by atoms with van der Waals surface area (Å²) in [5.41, 5.74) is 3.24. The lowest BCUT2D eigenvalue weighted by Gasteiger charge is -2.21. The number of furan rings is 1. The van der Waals surface area contributed by atoms with Crippen molar-refractivity contribution in [2.24, 2.45) is 5.92 Å². The lowest BCUT2D eigenvalue weighted by atomic mass is 9.88. The van der Waals surface area contributed by atoms with E-state index in [4.69, 9.17) is 4.42 Å². The van der Waals surface area contributed by atoms with Crippen molar-refractivity contribution in [3.05, 3.63) is 71.7 Å². The Hall–Kier alpha value is -3.28. The third-order valence-corrected chi connectivity index (χ3v) is 6.20. The molecule has 1 amide bonds. The summed E-state index contributed by atoms with van der Waals surface area (Å²) < 4.78 is 7.61. The molecule has 3 aromatic rings. The van der Waals surface area contributed by atoms with Gasteiger partial charge in [0.15, 0.2) is 11.7 Å². The zero-order valence-corrected chi connectivity index (χ0v) is 16.8. The standard InChI is InChI=1S/C24H25N3O3/c28-22(21-20-7-4-13-27(20)15-18-12-14-30-24(18)26-21)16-8-10-19(11-9-16)25-23(29)17-5-2-1-3-6-17/h4,7-14,17,21,26H,1-3,5-6,15H2,(H,25,29). The maximum absolute atomic E-state index is 13.3. The first-order chi connectivity index (χ1) is 14.7. The minimum absolute atomic E-state index is 0.0376. The normalized spacial score (nSPS) is 18.6. The van der Waals surface area contributed by atoms with Gasteiger partial charge in [-0.3, -0.25) is 9.59 Å². The highest BCUT2D eigenvalue weighted by Crippen LogP contribution is 2.32. The van der Waals surface area contributed by atoms with Crippen LogP contribution in [0.3, 0.4) is 0 Å². The van der Waals surface area contributed by atoms with Crippen LogP contribution in [0.15, 0.2) is 59.3 Å². The van der Waals surface area contributed by atoms with Crippen LogP contribution in [-0.2, 0) is 11.3 Å². The minimum Gasteiger partial charge on any atom is -0.449 e. The number of amides is 1. The van der Waals surface area contributed by atoms with Gasteiger partial charge in [0.1, 0.15) is 6.04 Å². The van der Waals surface area contributed by atoms with Crippen molar-refractivity contribution in [2.75, 3.05) is 10.6 Å². The lowest BCUT2D eigenvalue weighted by Crippen LogP contribution is -2.25. The van der Waals surface area contributed by atoms with E-state index >= 15 is 0 Å². The number of Topliss-reactive ketones (excluding diaryl/α,β-unsaturated/α-hetero) is 1. The molecular weight excluding hydrogens is 378 g/mol. The number of carbonyl (C=O) groups is 2. The van der Waals surface area contributed by atoms with Crippen molar-refractivity contribution >= 4 is 23.3 Å². The Balaban J connectivity index is 1.33. The zero-order chi connectivity index (χ0) is 20.5. The van der Waals surface area contributed by atoms with E-state index in [1.54, 1.807) is 18.4 Å². The fraction of sp³-hybridized carbons (Fsp3) is 0.333. The topological polar surface area (TPSA) is 76.3 Å². The molecule has 1 fully saturated rings. The van der Waals surface area contributed by atoms with Gasteiger partial charge in [-0.25, -0.2) is 0 Å². The summed E-state index contributed by atoms with van der Waals surface area (Å²) in [5, 5.41) is 6.27. The van der Waals surface area contributed by atoms with Gasteiger partial charge in [0, 0.05) is 34.6 Å². The smallest absolute Gasteiger partial charge is 0.227 e. The SMILES string of the molecule is O=C(Nc1ccc(C(=O)C2Nc3occc3Cn3cccc32)cc1)C1CCCCC1. The predicted molar refractivity (Wildman–Crippen MR) is 115 cm³/mol. The van der Waals surface area contributed by atoms with Gasteiger partial charge in [-0.1, -0.05) is 19.3 Å². The monoisotopic (exact) mass is 403 g/mol. The number of fused-ring (bicyclic) bond motifs is 2. The Labute approximate surface area is 175 Å². The van der Waals surface area contributed by atoms with Crippen LogP contribution in [0.25, 0.3) is 0 Å². The fourth-order valence-corrected chi connectivity index (χ4v) is 4.50. The van der Waals surface area contributed by atoms with Gasteiger partial charge in [0.05, 0.1) is 12.8 Å². The van der Waals surface area contributed by atoms with Crippen LogP contribution in [0.1, 0.15) is 59.8 Å². The first-order valence-electron chi connectivity index (χ1n) is 10.6. The summed E-state index contributed by atoms with van der Waals surface area (Å²) in [6.45, 7) is 0.664. The van der Waals surface area contributed by atoms with E-state index in [-0.39, 0.29) is 17.6 Å². The van der Waals surface area contributed by atoms with Gasteiger partial charge in [-0.05, 0) is 55.3 Å². The quantitative estimate of drug-likeness (QED) is 0.601.